The predicted molar refractivity (Wildman–Crippen MR) is 60.2 cm³/mol. The third-order valence-corrected chi connectivity index (χ3v) is 3.19. The summed E-state index contributed by atoms with van der Waals surface area (Å²) in [5.41, 5.74) is 0. The zero-order valence-corrected chi connectivity index (χ0v) is 9.59. The smallest absolute Gasteiger partial charge is 0.168 e. The van der Waals surface area contributed by atoms with E-state index in [1.807, 2.05) is 24.3 Å². The summed E-state index contributed by atoms with van der Waals surface area (Å²) < 4.78 is 22.5. The first-order valence-corrected chi connectivity index (χ1v) is 5.97. The van der Waals surface area contributed by atoms with E-state index in [1.165, 1.54) is 0 Å². The van der Waals surface area contributed by atoms with Crippen LogP contribution in [0.3, 0.4) is 0 Å². The molecule has 0 heterocycles. The number of fused-ring (bicyclic) bond motifs is 1. The molecule has 2 nitrogen and oxygen atoms in total. The third-order valence-electron chi connectivity index (χ3n) is 2.00. The van der Waals surface area contributed by atoms with Crippen LogP contribution < -0.4 is 0 Å². The molecule has 0 fully saturated rings. The lowest BCUT2D eigenvalue weighted by Gasteiger charge is -1.98. The van der Waals surface area contributed by atoms with Crippen LogP contribution in [-0.4, -0.2) is 8.42 Å². The van der Waals surface area contributed by atoms with Gasteiger partial charge in [-0.05, 0) is 35.0 Å². The van der Waals surface area contributed by atoms with Crippen LogP contribution in [0.5, 0.6) is 0 Å². The minimum atomic E-state index is -2.49. The van der Waals surface area contributed by atoms with Crippen molar-refractivity contribution in [2.75, 3.05) is 0 Å². The van der Waals surface area contributed by atoms with E-state index in [1.54, 1.807) is 12.1 Å². The lowest BCUT2D eigenvalue weighted by atomic mass is 10.1. The van der Waals surface area contributed by atoms with E-state index in [-0.39, 0.29) is 0 Å². The van der Waals surface area contributed by atoms with E-state index in [9.17, 15) is 8.42 Å². The van der Waals surface area contributed by atoms with E-state index in [2.05, 4.69) is 15.9 Å². The highest BCUT2D eigenvalue weighted by atomic mass is 79.9. The van der Waals surface area contributed by atoms with Gasteiger partial charge in [-0.3, -0.25) is 0 Å². The van der Waals surface area contributed by atoms with Crippen molar-refractivity contribution in [1.82, 2.24) is 0 Å². The van der Waals surface area contributed by atoms with Crippen molar-refractivity contribution in [2.24, 2.45) is 0 Å². The normalized spacial score (nSPS) is 11.0. The van der Waals surface area contributed by atoms with Crippen molar-refractivity contribution in [2.45, 2.75) is 4.90 Å². The van der Waals surface area contributed by atoms with Gasteiger partial charge >= 0.3 is 0 Å². The SMILES string of the molecule is O=[SH](=O)c1ccc2ccc(Br)cc2c1. The van der Waals surface area contributed by atoms with Crippen molar-refractivity contribution in [3.8, 4) is 0 Å². The van der Waals surface area contributed by atoms with Crippen LogP contribution >= 0.6 is 15.9 Å². The number of benzene rings is 2. The Balaban J connectivity index is 2.75. The van der Waals surface area contributed by atoms with Gasteiger partial charge in [0, 0.05) is 4.47 Å². The molecule has 0 atom stereocenters. The lowest BCUT2D eigenvalue weighted by molar-refractivity contribution is 0.614. The second-order valence-electron chi connectivity index (χ2n) is 2.93. The van der Waals surface area contributed by atoms with Crippen molar-refractivity contribution in [3.63, 3.8) is 0 Å². The van der Waals surface area contributed by atoms with Crippen molar-refractivity contribution in [1.29, 1.82) is 0 Å². The van der Waals surface area contributed by atoms with Crippen molar-refractivity contribution in [3.05, 3.63) is 40.9 Å². The van der Waals surface area contributed by atoms with E-state index >= 15 is 0 Å². The van der Waals surface area contributed by atoms with Gasteiger partial charge in [-0.15, -0.1) is 0 Å². The van der Waals surface area contributed by atoms with Crippen LogP contribution in [0.1, 0.15) is 0 Å². The Morgan fingerprint density at radius 1 is 0.929 bits per heavy atom. The quantitative estimate of drug-likeness (QED) is 0.809. The summed E-state index contributed by atoms with van der Waals surface area (Å²) in [6.45, 7) is 0. The van der Waals surface area contributed by atoms with Crippen LogP contribution in [0.4, 0.5) is 0 Å². The lowest BCUT2D eigenvalue weighted by Crippen LogP contribution is -1.80. The molecule has 72 valence electrons. The van der Waals surface area contributed by atoms with Crippen LogP contribution in [0.25, 0.3) is 10.8 Å². The molecule has 2 aromatic rings. The summed E-state index contributed by atoms with van der Waals surface area (Å²) in [7, 11) is -2.49. The Morgan fingerprint density at radius 3 is 2.36 bits per heavy atom. The second-order valence-corrected chi connectivity index (χ2v) is 4.88. The Morgan fingerprint density at radius 2 is 1.64 bits per heavy atom. The Hall–Kier alpha value is -0.870. The number of halogens is 1. The minimum absolute atomic E-state index is 0.352. The molecule has 2 rings (SSSR count). The van der Waals surface area contributed by atoms with Crippen molar-refractivity contribution < 1.29 is 8.42 Å². The maximum atomic E-state index is 10.8. The Bertz CT molecular complexity index is 553. The van der Waals surface area contributed by atoms with Crippen LogP contribution in [0.15, 0.2) is 45.8 Å². The van der Waals surface area contributed by atoms with Gasteiger partial charge in [0.25, 0.3) is 0 Å². The first-order chi connectivity index (χ1) is 6.66. The number of hydrogen-bond donors (Lipinski definition) is 1. The van der Waals surface area contributed by atoms with Gasteiger partial charge in [-0.1, -0.05) is 28.1 Å². The zero-order valence-electron chi connectivity index (χ0n) is 7.11. The van der Waals surface area contributed by atoms with Gasteiger partial charge in [0.1, 0.15) is 0 Å². The van der Waals surface area contributed by atoms with Gasteiger partial charge < -0.3 is 0 Å². The van der Waals surface area contributed by atoms with Gasteiger partial charge in [0.15, 0.2) is 10.7 Å². The van der Waals surface area contributed by atoms with Gasteiger partial charge in [-0.2, -0.15) is 0 Å². The van der Waals surface area contributed by atoms with Crippen LogP contribution in [0.2, 0.25) is 0 Å². The highest BCUT2D eigenvalue weighted by molar-refractivity contribution is 9.10. The molecule has 2 aromatic carbocycles. The largest absolute Gasteiger partial charge is 0.227 e. The topological polar surface area (TPSA) is 34.1 Å². The fourth-order valence-electron chi connectivity index (χ4n) is 1.32. The van der Waals surface area contributed by atoms with Crippen LogP contribution in [-0.2, 0) is 10.7 Å². The summed E-state index contributed by atoms with van der Waals surface area (Å²) in [6.07, 6.45) is 0. The number of rotatable bonds is 1. The molecule has 0 spiro atoms. The summed E-state index contributed by atoms with van der Waals surface area (Å²) in [4.78, 5) is 0.352. The summed E-state index contributed by atoms with van der Waals surface area (Å²) in [6, 6.07) is 10.9. The predicted octanol–water partition coefficient (Wildman–Crippen LogP) is 2.57. The molecule has 0 saturated carbocycles. The van der Waals surface area contributed by atoms with Crippen molar-refractivity contribution >= 4 is 37.4 Å². The number of hydrogen-bond acceptors (Lipinski definition) is 2. The number of thiol groups is 1. The molecule has 0 aliphatic heterocycles. The molecule has 0 radical (unpaired) electrons. The highest BCUT2D eigenvalue weighted by Crippen LogP contribution is 2.21. The average molecular weight is 271 g/mol. The molecule has 0 unspecified atom stereocenters. The Kier molecular flexibility index (Phi) is 2.56. The highest BCUT2D eigenvalue weighted by Gasteiger charge is 1.98. The van der Waals surface area contributed by atoms with E-state index < -0.39 is 10.7 Å². The third kappa shape index (κ3) is 1.81. The monoisotopic (exact) mass is 270 g/mol. The second kappa shape index (κ2) is 3.71. The molecule has 0 aromatic heterocycles. The molecule has 0 N–H and O–H groups in total. The van der Waals surface area contributed by atoms with Gasteiger partial charge in [0.05, 0.1) is 4.90 Å². The molecule has 0 aliphatic rings. The molecule has 14 heavy (non-hydrogen) atoms. The molecular weight excluding hydrogens is 264 g/mol. The van der Waals surface area contributed by atoms with Crippen LogP contribution in [0, 0.1) is 0 Å². The molecule has 0 amide bonds. The van der Waals surface area contributed by atoms with E-state index in [4.69, 9.17) is 0 Å². The zero-order chi connectivity index (χ0) is 10.1. The fraction of sp³-hybridized carbons (Fsp3) is 0. The molecule has 0 aliphatic carbocycles. The molecule has 0 bridgehead atoms. The fourth-order valence-corrected chi connectivity index (χ4v) is 2.14. The van der Waals surface area contributed by atoms with E-state index in [0.717, 1.165) is 15.2 Å². The maximum absolute atomic E-state index is 10.8. The summed E-state index contributed by atoms with van der Waals surface area (Å²) in [5, 5.41) is 1.96. The van der Waals surface area contributed by atoms with Gasteiger partial charge in [-0.25, -0.2) is 8.42 Å². The standard InChI is InChI=1S/C10H7BrO2S/c11-9-3-1-7-2-4-10(14(12)13)6-8(7)5-9/h1-6,14H. The van der Waals surface area contributed by atoms with E-state index in [0.29, 0.717) is 4.90 Å². The summed E-state index contributed by atoms with van der Waals surface area (Å²) in [5.74, 6) is 0. The first kappa shape index (κ1) is 9.68. The average Bonchev–Trinajstić information content (AvgIpc) is 2.16. The first-order valence-electron chi connectivity index (χ1n) is 4.00. The molecule has 4 heteroatoms. The minimum Gasteiger partial charge on any atom is -0.227 e. The maximum Gasteiger partial charge on any atom is 0.168 e. The summed E-state index contributed by atoms with van der Waals surface area (Å²) >= 11 is 3.34. The Labute approximate surface area is 91.6 Å². The molecule has 0 saturated heterocycles. The molecular formula is C10H7BrO2S. The van der Waals surface area contributed by atoms with Gasteiger partial charge in [0.2, 0.25) is 0 Å².